The molecule has 0 aliphatic heterocycles. The van der Waals surface area contributed by atoms with Gasteiger partial charge in [-0.15, -0.1) is 0 Å². The molecular formula is C8H10BrNO. The van der Waals surface area contributed by atoms with Crippen molar-refractivity contribution in [1.29, 1.82) is 0 Å². The summed E-state index contributed by atoms with van der Waals surface area (Å²) in [5, 5.41) is 9.24. The van der Waals surface area contributed by atoms with Crippen LogP contribution in [-0.2, 0) is 0 Å². The number of aryl methyl sites for hydroxylation is 1. The van der Waals surface area contributed by atoms with Crippen LogP contribution in [0.4, 0.5) is 0 Å². The Labute approximate surface area is 74.4 Å². The SMILES string of the molecule is Cc1nc(Br)ccc1C(C)O. The summed E-state index contributed by atoms with van der Waals surface area (Å²) in [6.45, 7) is 3.62. The zero-order chi connectivity index (χ0) is 8.43. The minimum Gasteiger partial charge on any atom is -0.389 e. The Balaban J connectivity index is 3.09. The lowest BCUT2D eigenvalue weighted by Gasteiger charge is -2.06. The molecule has 0 radical (unpaired) electrons. The van der Waals surface area contributed by atoms with E-state index in [0.717, 1.165) is 15.9 Å². The second-order valence-corrected chi connectivity index (χ2v) is 3.30. The topological polar surface area (TPSA) is 33.1 Å². The van der Waals surface area contributed by atoms with E-state index in [-0.39, 0.29) is 0 Å². The predicted octanol–water partition coefficient (Wildman–Crippen LogP) is 2.21. The molecule has 1 N–H and O–H groups in total. The van der Waals surface area contributed by atoms with Crippen molar-refractivity contribution in [2.75, 3.05) is 0 Å². The van der Waals surface area contributed by atoms with Crippen LogP contribution >= 0.6 is 15.9 Å². The summed E-state index contributed by atoms with van der Waals surface area (Å²) in [5.41, 5.74) is 1.75. The number of rotatable bonds is 1. The van der Waals surface area contributed by atoms with E-state index < -0.39 is 6.10 Å². The van der Waals surface area contributed by atoms with Crippen molar-refractivity contribution in [3.05, 3.63) is 28.0 Å². The molecule has 60 valence electrons. The number of aliphatic hydroxyl groups is 1. The predicted molar refractivity (Wildman–Crippen MR) is 47.3 cm³/mol. The maximum absolute atomic E-state index is 9.24. The molecule has 0 amide bonds. The summed E-state index contributed by atoms with van der Waals surface area (Å²) in [4.78, 5) is 4.15. The lowest BCUT2D eigenvalue weighted by molar-refractivity contribution is 0.198. The first-order valence-corrected chi connectivity index (χ1v) is 4.21. The molecule has 1 atom stereocenters. The van der Waals surface area contributed by atoms with Crippen molar-refractivity contribution >= 4 is 15.9 Å². The maximum Gasteiger partial charge on any atom is 0.106 e. The first-order valence-electron chi connectivity index (χ1n) is 3.42. The summed E-state index contributed by atoms with van der Waals surface area (Å²) in [6.07, 6.45) is -0.435. The number of nitrogens with zero attached hydrogens (tertiary/aromatic N) is 1. The highest BCUT2D eigenvalue weighted by atomic mass is 79.9. The number of aromatic nitrogens is 1. The molecule has 0 spiro atoms. The number of hydrogen-bond donors (Lipinski definition) is 1. The first-order chi connectivity index (χ1) is 5.11. The van der Waals surface area contributed by atoms with Crippen LogP contribution in [0, 0.1) is 6.92 Å². The van der Waals surface area contributed by atoms with Crippen molar-refractivity contribution in [2.24, 2.45) is 0 Å². The van der Waals surface area contributed by atoms with Gasteiger partial charge < -0.3 is 5.11 Å². The first kappa shape index (κ1) is 8.68. The molecule has 11 heavy (non-hydrogen) atoms. The molecule has 0 aliphatic rings. The fourth-order valence-corrected chi connectivity index (χ4v) is 1.38. The summed E-state index contributed by atoms with van der Waals surface area (Å²) in [6, 6.07) is 3.70. The lowest BCUT2D eigenvalue weighted by atomic mass is 10.1. The van der Waals surface area contributed by atoms with Gasteiger partial charge in [0.05, 0.1) is 6.10 Å². The summed E-state index contributed by atoms with van der Waals surface area (Å²) in [5.74, 6) is 0. The van der Waals surface area contributed by atoms with Crippen LogP contribution in [0.25, 0.3) is 0 Å². The Bertz CT molecular complexity index is 260. The van der Waals surface area contributed by atoms with E-state index in [1.54, 1.807) is 6.92 Å². The smallest absolute Gasteiger partial charge is 0.106 e. The lowest BCUT2D eigenvalue weighted by Crippen LogP contribution is -1.96. The molecule has 1 heterocycles. The van der Waals surface area contributed by atoms with Crippen molar-refractivity contribution in [2.45, 2.75) is 20.0 Å². The maximum atomic E-state index is 9.24. The van der Waals surface area contributed by atoms with E-state index in [9.17, 15) is 5.11 Å². The second-order valence-electron chi connectivity index (χ2n) is 2.48. The van der Waals surface area contributed by atoms with E-state index in [1.165, 1.54) is 0 Å². The zero-order valence-electron chi connectivity index (χ0n) is 6.50. The van der Waals surface area contributed by atoms with Gasteiger partial charge in [0.15, 0.2) is 0 Å². The summed E-state index contributed by atoms with van der Waals surface area (Å²) < 4.78 is 0.805. The summed E-state index contributed by atoms with van der Waals surface area (Å²) in [7, 11) is 0. The Morgan fingerprint density at radius 1 is 1.55 bits per heavy atom. The van der Waals surface area contributed by atoms with Gasteiger partial charge in [0.25, 0.3) is 0 Å². The van der Waals surface area contributed by atoms with Crippen LogP contribution in [0.1, 0.15) is 24.3 Å². The molecule has 1 aromatic heterocycles. The van der Waals surface area contributed by atoms with Crippen LogP contribution in [-0.4, -0.2) is 10.1 Å². The Morgan fingerprint density at radius 2 is 2.18 bits per heavy atom. The van der Waals surface area contributed by atoms with Gasteiger partial charge >= 0.3 is 0 Å². The molecule has 1 rings (SSSR count). The molecule has 0 saturated heterocycles. The molecule has 3 heteroatoms. The Hall–Kier alpha value is -0.410. The van der Waals surface area contributed by atoms with E-state index in [2.05, 4.69) is 20.9 Å². The van der Waals surface area contributed by atoms with E-state index >= 15 is 0 Å². The average Bonchev–Trinajstić information content (AvgIpc) is 1.85. The van der Waals surface area contributed by atoms with Crippen LogP contribution < -0.4 is 0 Å². The standard InChI is InChI=1S/C8H10BrNO/c1-5-7(6(2)11)3-4-8(9)10-5/h3-4,6,11H,1-2H3. The zero-order valence-corrected chi connectivity index (χ0v) is 8.09. The van der Waals surface area contributed by atoms with Crippen molar-refractivity contribution < 1.29 is 5.11 Å². The third-order valence-electron chi connectivity index (χ3n) is 1.54. The third kappa shape index (κ3) is 2.01. The molecule has 0 bridgehead atoms. The van der Waals surface area contributed by atoms with Gasteiger partial charge in [-0.05, 0) is 35.8 Å². The van der Waals surface area contributed by atoms with Crippen LogP contribution in [0.15, 0.2) is 16.7 Å². The van der Waals surface area contributed by atoms with Gasteiger partial charge in [-0.3, -0.25) is 0 Å². The van der Waals surface area contributed by atoms with Gasteiger partial charge in [0.1, 0.15) is 4.60 Å². The van der Waals surface area contributed by atoms with Crippen molar-refractivity contribution in [1.82, 2.24) is 4.98 Å². The number of pyridine rings is 1. The minimum atomic E-state index is -0.435. The molecule has 0 fully saturated rings. The van der Waals surface area contributed by atoms with Crippen LogP contribution in [0.3, 0.4) is 0 Å². The quantitative estimate of drug-likeness (QED) is 0.730. The van der Waals surface area contributed by atoms with Crippen molar-refractivity contribution in [3.63, 3.8) is 0 Å². The van der Waals surface area contributed by atoms with Gasteiger partial charge in [0.2, 0.25) is 0 Å². The van der Waals surface area contributed by atoms with E-state index in [4.69, 9.17) is 0 Å². The van der Waals surface area contributed by atoms with Gasteiger partial charge in [-0.25, -0.2) is 4.98 Å². The van der Waals surface area contributed by atoms with E-state index in [1.807, 2.05) is 19.1 Å². The van der Waals surface area contributed by atoms with Gasteiger partial charge in [-0.1, -0.05) is 6.07 Å². The highest BCUT2D eigenvalue weighted by Crippen LogP contribution is 2.17. The highest BCUT2D eigenvalue weighted by molar-refractivity contribution is 9.10. The number of hydrogen-bond acceptors (Lipinski definition) is 2. The molecule has 1 unspecified atom stereocenters. The highest BCUT2D eigenvalue weighted by Gasteiger charge is 2.04. The van der Waals surface area contributed by atoms with Crippen molar-refractivity contribution in [3.8, 4) is 0 Å². The average molecular weight is 216 g/mol. The fraction of sp³-hybridized carbons (Fsp3) is 0.375. The molecule has 0 aromatic carbocycles. The monoisotopic (exact) mass is 215 g/mol. The number of halogens is 1. The van der Waals surface area contributed by atoms with Gasteiger partial charge in [0, 0.05) is 11.3 Å². The van der Waals surface area contributed by atoms with Crippen LogP contribution in [0.2, 0.25) is 0 Å². The fourth-order valence-electron chi connectivity index (χ4n) is 0.983. The van der Waals surface area contributed by atoms with Gasteiger partial charge in [-0.2, -0.15) is 0 Å². The normalized spacial score (nSPS) is 13.1. The molecule has 2 nitrogen and oxygen atoms in total. The van der Waals surface area contributed by atoms with Crippen LogP contribution in [0.5, 0.6) is 0 Å². The second kappa shape index (κ2) is 3.32. The molecular weight excluding hydrogens is 206 g/mol. The third-order valence-corrected chi connectivity index (χ3v) is 1.98. The Kier molecular flexibility index (Phi) is 2.62. The molecule has 1 aromatic rings. The van der Waals surface area contributed by atoms with E-state index in [0.29, 0.717) is 0 Å². The molecule has 0 saturated carbocycles. The summed E-state index contributed by atoms with van der Waals surface area (Å²) >= 11 is 3.25. The minimum absolute atomic E-state index is 0.435. The Morgan fingerprint density at radius 3 is 2.64 bits per heavy atom. The molecule has 0 aliphatic carbocycles. The largest absolute Gasteiger partial charge is 0.389 e. The number of aliphatic hydroxyl groups excluding tert-OH is 1.